The fourth-order valence-electron chi connectivity index (χ4n) is 1.96. The van der Waals surface area contributed by atoms with Crippen molar-refractivity contribution in [1.29, 1.82) is 0 Å². The van der Waals surface area contributed by atoms with Gasteiger partial charge >= 0.3 is 0 Å². The van der Waals surface area contributed by atoms with Crippen molar-refractivity contribution < 1.29 is 8.42 Å². The first kappa shape index (κ1) is 15.4. The van der Waals surface area contributed by atoms with E-state index in [4.69, 9.17) is 0 Å². The lowest BCUT2D eigenvalue weighted by molar-refractivity contribution is 0.412. The molecule has 108 valence electrons. The lowest BCUT2D eigenvalue weighted by atomic mass is 10.4. The molecule has 19 heavy (non-hydrogen) atoms. The summed E-state index contributed by atoms with van der Waals surface area (Å²) in [5.41, 5.74) is 0. The Morgan fingerprint density at radius 1 is 1.53 bits per heavy atom. The van der Waals surface area contributed by atoms with Gasteiger partial charge in [-0.2, -0.15) is 4.31 Å². The fraction of sp³-hybridized carbons (Fsp3) is 0.667. The molecule has 1 heterocycles. The van der Waals surface area contributed by atoms with E-state index in [2.05, 4.69) is 21.2 Å². The van der Waals surface area contributed by atoms with Crippen LogP contribution >= 0.6 is 27.3 Å². The van der Waals surface area contributed by atoms with Gasteiger partial charge in [-0.25, -0.2) is 8.42 Å². The smallest absolute Gasteiger partial charge is 0.245 e. The second-order valence-corrected chi connectivity index (χ2v) is 9.14. The first-order chi connectivity index (χ1) is 8.98. The quantitative estimate of drug-likeness (QED) is 0.806. The molecule has 0 amide bonds. The van der Waals surface area contributed by atoms with Crippen LogP contribution in [0.1, 0.15) is 24.6 Å². The number of thiophene rings is 1. The average molecular weight is 367 g/mol. The van der Waals surface area contributed by atoms with Crippen LogP contribution in [0.25, 0.3) is 0 Å². The van der Waals surface area contributed by atoms with Crippen LogP contribution in [-0.2, 0) is 16.6 Å². The standard InChI is InChI=1S/C12H19BrN2O2S2/c1-3-15(8-9-4-5-9)19(16,17)11-6-10(7-14-2)18-12(11)13/h6,9,14H,3-5,7-8H2,1-2H3. The molecular weight excluding hydrogens is 348 g/mol. The molecule has 0 unspecified atom stereocenters. The van der Waals surface area contributed by atoms with E-state index in [9.17, 15) is 8.42 Å². The SMILES string of the molecule is CCN(CC1CC1)S(=O)(=O)c1cc(CNC)sc1Br. The van der Waals surface area contributed by atoms with Crippen LogP contribution in [0.2, 0.25) is 0 Å². The zero-order chi connectivity index (χ0) is 14.0. The van der Waals surface area contributed by atoms with Gasteiger partial charge in [-0.1, -0.05) is 6.92 Å². The monoisotopic (exact) mass is 366 g/mol. The Labute approximate surface area is 127 Å². The Morgan fingerprint density at radius 2 is 2.21 bits per heavy atom. The molecule has 7 heteroatoms. The molecule has 0 saturated heterocycles. The van der Waals surface area contributed by atoms with Gasteiger partial charge in [0.1, 0.15) is 4.90 Å². The van der Waals surface area contributed by atoms with Gasteiger partial charge in [-0.15, -0.1) is 11.3 Å². The molecule has 0 spiro atoms. The summed E-state index contributed by atoms with van der Waals surface area (Å²) < 4.78 is 27.6. The number of nitrogens with zero attached hydrogens (tertiary/aromatic N) is 1. The van der Waals surface area contributed by atoms with E-state index in [-0.39, 0.29) is 0 Å². The van der Waals surface area contributed by atoms with E-state index in [1.54, 1.807) is 10.4 Å². The number of rotatable bonds is 7. The summed E-state index contributed by atoms with van der Waals surface area (Å²) in [6.45, 7) is 3.77. The molecule has 0 aromatic carbocycles. The molecular formula is C12H19BrN2O2S2. The number of hydrogen-bond acceptors (Lipinski definition) is 4. The van der Waals surface area contributed by atoms with Crippen LogP contribution in [0.5, 0.6) is 0 Å². The first-order valence-electron chi connectivity index (χ1n) is 6.42. The molecule has 1 fully saturated rings. The van der Waals surface area contributed by atoms with Gasteiger partial charge in [0.05, 0.1) is 3.79 Å². The van der Waals surface area contributed by atoms with E-state index in [0.29, 0.717) is 34.2 Å². The van der Waals surface area contributed by atoms with E-state index in [0.717, 1.165) is 17.7 Å². The van der Waals surface area contributed by atoms with Gasteiger partial charge in [0, 0.05) is 24.5 Å². The predicted molar refractivity (Wildman–Crippen MR) is 81.9 cm³/mol. The van der Waals surface area contributed by atoms with Gasteiger partial charge in [-0.3, -0.25) is 0 Å². The molecule has 1 N–H and O–H groups in total. The van der Waals surface area contributed by atoms with Crippen molar-refractivity contribution in [1.82, 2.24) is 9.62 Å². The summed E-state index contributed by atoms with van der Waals surface area (Å²) in [7, 11) is -1.51. The zero-order valence-corrected chi connectivity index (χ0v) is 14.4. The number of sulfonamides is 1. The minimum Gasteiger partial charge on any atom is -0.315 e. The van der Waals surface area contributed by atoms with Gasteiger partial charge in [0.25, 0.3) is 0 Å². The summed E-state index contributed by atoms with van der Waals surface area (Å²) in [5, 5.41) is 3.04. The maximum atomic E-state index is 12.6. The normalized spacial score (nSPS) is 16.2. The largest absolute Gasteiger partial charge is 0.315 e. The van der Waals surface area contributed by atoms with E-state index < -0.39 is 10.0 Å². The lowest BCUT2D eigenvalue weighted by Crippen LogP contribution is -2.32. The van der Waals surface area contributed by atoms with Crippen molar-refractivity contribution in [2.75, 3.05) is 20.1 Å². The molecule has 0 atom stereocenters. The van der Waals surface area contributed by atoms with Crippen molar-refractivity contribution in [2.24, 2.45) is 5.92 Å². The third-order valence-electron chi connectivity index (χ3n) is 3.19. The van der Waals surface area contributed by atoms with Gasteiger partial charge in [0.15, 0.2) is 0 Å². The topological polar surface area (TPSA) is 49.4 Å². The molecule has 0 bridgehead atoms. The summed E-state index contributed by atoms with van der Waals surface area (Å²) in [6.07, 6.45) is 2.31. The Hall–Kier alpha value is 0.0500. The van der Waals surface area contributed by atoms with Crippen LogP contribution in [0.4, 0.5) is 0 Å². The molecule has 1 aromatic heterocycles. The van der Waals surface area contributed by atoms with E-state index in [1.807, 2.05) is 14.0 Å². The molecule has 0 aliphatic heterocycles. The second kappa shape index (κ2) is 6.22. The first-order valence-corrected chi connectivity index (χ1v) is 9.47. The fourth-order valence-corrected chi connectivity index (χ4v) is 6.13. The molecule has 1 saturated carbocycles. The summed E-state index contributed by atoms with van der Waals surface area (Å²) in [5.74, 6) is 0.559. The van der Waals surface area contributed by atoms with Crippen molar-refractivity contribution in [3.05, 3.63) is 14.7 Å². The van der Waals surface area contributed by atoms with Crippen molar-refractivity contribution >= 4 is 37.3 Å². The maximum absolute atomic E-state index is 12.6. The maximum Gasteiger partial charge on any atom is 0.245 e. The summed E-state index contributed by atoms with van der Waals surface area (Å²) in [6, 6.07) is 1.77. The van der Waals surface area contributed by atoms with Crippen LogP contribution in [0, 0.1) is 5.92 Å². The highest BCUT2D eigenvalue weighted by Crippen LogP contribution is 2.36. The molecule has 4 nitrogen and oxygen atoms in total. The highest BCUT2D eigenvalue weighted by atomic mass is 79.9. The molecule has 0 radical (unpaired) electrons. The summed E-state index contributed by atoms with van der Waals surface area (Å²) >= 11 is 4.86. The number of nitrogens with one attached hydrogen (secondary N) is 1. The number of hydrogen-bond donors (Lipinski definition) is 1. The second-order valence-electron chi connectivity index (χ2n) is 4.78. The molecule has 2 rings (SSSR count). The molecule has 1 aromatic rings. The lowest BCUT2D eigenvalue weighted by Gasteiger charge is -2.19. The van der Waals surface area contributed by atoms with Crippen LogP contribution in [0.15, 0.2) is 14.7 Å². The average Bonchev–Trinajstić information content (AvgIpc) is 3.09. The van der Waals surface area contributed by atoms with Crippen molar-refractivity contribution in [3.63, 3.8) is 0 Å². The van der Waals surface area contributed by atoms with E-state index >= 15 is 0 Å². The van der Waals surface area contributed by atoms with Crippen LogP contribution < -0.4 is 5.32 Å². The zero-order valence-electron chi connectivity index (χ0n) is 11.1. The Kier molecular flexibility index (Phi) is 5.05. The Bertz CT molecular complexity index is 538. The molecule has 1 aliphatic rings. The van der Waals surface area contributed by atoms with Crippen LogP contribution in [0.3, 0.4) is 0 Å². The third kappa shape index (κ3) is 3.58. The van der Waals surface area contributed by atoms with Crippen molar-refractivity contribution in [2.45, 2.75) is 31.2 Å². The van der Waals surface area contributed by atoms with E-state index in [1.165, 1.54) is 11.3 Å². The predicted octanol–water partition coefficient (Wildman–Crippen LogP) is 2.65. The minimum absolute atomic E-state index is 0.408. The Balaban J connectivity index is 2.25. The number of halogens is 1. The van der Waals surface area contributed by atoms with Gasteiger partial charge in [-0.05, 0) is 47.8 Å². The summed E-state index contributed by atoms with van der Waals surface area (Å²) in [4.78, 5) is 1.43. The highest BCUT2D eigenvalue weighted by Gasteiger charge is 2.32. The van der Waals surface area contributed by atoms with Crippen LogP contribution in [-0.4, -0.2) is 32.9 Å². The molecule has 1 aliphatic carbocycles. The highest BCUT2D eigenvalue weighted by molar-refractivity contribution is 9.11. The van der Waals surface area contributed by atoms with Gasteiger partial charge < -0.3 is 5.32 Å². The minimum atomic E-state index is -3.37. The van der Waals surface area contributed by atoms with Gasteiger partial charge in [0.2, 0.25) is 10.0 Å². The van der Waals surface area contributed by atoms with Crippen molar-refractivity contribution in [3.8, 4) is 0 Å². The Morgan fingerprint density at radius 3 is 2.74 bits per heavy atom. The third-order valence-corrected chi connectivity index (χ3v) is 7.38.